The van der Waals surface area contributed by atoms with Gasteiger partial charge in [-0.2, -0.15) is 0 Å². The fraction of sp³-hybridized carbons (Fsp3) is 0.571. The van der Waals surface area contributed by atoms with Gasteiger partial charge in [-0.1, -0.05) is 11.6 Å². The number of rotatable bonds is 1. The molecule has 0 unspecified atom stereocenters. The van der Waals surface area contributed by atoms with E-state index in [-0.39, 0.29) is 0 Å². The van der Waals surface area contributed by atoms with E-state index in [0.717, 1.165) is 56.4 Å². The molecule has 0 bridgehead atoms. The van der Waals surface area contributed by atoms with Crippen molar-refractivity contribution in [3.8, 4) is 5.75 Å². The highest BCUT2D eigenvalue weighted by atomic mass is 35.5. The number of nitrogens with zero attached hydrogens (tertiary/aromatic N) is 2. The molecule has 0 aliphatic carbocycles. The van der Waals surface area contributed by atoms with E-state index < -0.39 is 0 Å². The molecule has 2 aliphatic rings. The third-order valence-corrected chi connectivity index (χ3v) is 4.14. The molecule has 1 aromatic carbocycles. The molecule has 1 fully saturated rings. The number of fused-ring (bicyclic) bond motifs is 1. The van der Waals surface area contributed by atoms with Gasteiger partial charge in [0.1, 0.15) is 5.75 Å². The van der Waals surface area contributed by atoms with Crippen LogP contribution in [0.4, 0.5) is 5.69 Å². The second-order valence-electron chi connectivity index (χ2n) is 5.12. The molecular weight excluding hydrogens is 248 g/mol. The Morgan fingerprint density at radius 2 is 1.94 bits per heavy atom. The van der Waals surface area contributed by atoms with Crippen LogP contribution in [0.3, 0.4) is 0 Å². The molecule has 0 N–H and O–H groups in total. The van der Waals surface area contributed by atoms with Crippen molar-refractivity contribution >= 4 is 17.3 Å². The summed E-state index contributed by atoms with van der Waals surface area (Å²) in [5, 5.41) is 0.865. The van der Waals surface area contributed by atoms with Gasteiger partial charge in [-0.15, -0.1) is 0 Å². The van der Waals surface area contributed by atoms with E-state index >= 15 is 0 Å². The Bertz CT molecular complexity index is 442. The molecular formula is C14H19ClN2O. The van der Waals surface area contributed by atoms with Crippen molar-refractivity contribution in [3.63, 3.8) is 0 Å². The third kappa shape index (κ3) is 2.17. The van der Waals surface area contributed by atoms with E-state index in [1.807, 2.05) is 12.1 Å². The fourth-order valence-corrected chi connectivity index (χ4v) is 3.07. The Morgan fingerprint density at radius 1 is 1.17 bits per heavy atom. The molecule has 3 rings (SSSR count). The van der Waals surface area contributed by atoms with E-state index in [0.29, 0.717) is 0 Å². The van der Waals surface area contributed by atoms with Crippen LogP contribution >= 0.6 is 11.6 Å². The van der Waals surface area contributed by atoms with Gasteiger partial charge >= 0.3 is 0 Å². The van der Waals surface area contributed by atoms with Gasteiger partial charge < -0.3 is 14.5 Å². The van der Waals surface area contributed by atoms with Gasteiger partial charge in [0.2, 0.25) is 0 Å². The van der Waals surface area contributed by atoms with E-state index in [4.69, 9.17) is 16.3 Å². The van der Waals surface area contributed by atoms with Crippen molar-refractivity contribution in [2.45, 2.75) is 12.8 Å². The summed E-state index contributed by atoms with van der Waals surface area (Å²) in [5.74, 6) is 1.03. The first kappa shape index (κ1) is 12.1. The van der Waals surface area contributed by atoms with Gasteiger partial charge in [0.15, 0.2) is 0 Å². The topological polar surface area (TPSA) is 15.7 Å². The van der Waals surface area contributed by atoms with Gasteiger partial charge in [0, 0.05) is 31.7 Å². The molecule has 3 nitrogen and oxygen atoms in total. The van der Waals surface area contributed by atoms with Crippen LogP contribution in [-0.2, 0) is 6.42 Å². The van der Waals surface area contributed by atoms with E-state index in [1.54, 1.807) is 0 Å². The van der Waals surface area contributed by atoms with Gasteiger partial charge in [-0.05, 0) is 32.0 Å². The summed E-state index contributed by atoms with van der Waals surface area (Å²) in [4.78, 5) is 4.77. The highest BCUT2D eigenvalue weighted by Crippen LogP contribution is 2.39. The quantitative estimate of drug-likeness (QED) is 0.776. The SMILES string of the molecule is CN1CCN(c2c(Cl)ccc3c2CCCO3)CC1. The number of benzene rings is 1. The fourth-order valence-electron chi connectivity index (χ4n) is 2.77. The minimum Gasteiger partial charge on any atom is -0.493 e. The average molecular weight is 267 g/mol. The first-order chi connectivity index (χ1) is 8.75. The second-order valence-corrected chi connectivity index (χ2v) is 5.52. The first-order valence-corrected chi connectivity index (χ1v) is 7.01. The lowest BCUT2D eigenvalue weighted by Crippen LogP contribution is -2.45. The van der Waals surface area contributed by atoms with Gasteiger partial charge in [-0.25, -0.2) is 0 Å². The largest absolute Gasteiger partial charge is 0.493 e. The van der Waals surface area contributed by atoms with Gasteiger partial charge in [0.05, 0.1) is 17.3 Å². The summed E-state index contributed by atoms with van der Waals surface area (Å²) in [6.07, 6.45) is 2.17. The van der Waals surface area contributed by atoms with E-state index in [9.17, 15) is 0 Å². The maximum atomic E-state index is 6.42. The molecule has 0 atom stereocenters. The summed E-state index contributed by atoms with van der Waals surface area (Å²) in [6.45, 7) is 5.12. The van der Waals surface area contributed by atoms with Crippen LogP contribution in [0.2, 0.25) is 5.02 Å². The van der Waals surface area contributed by atoms with Crippen molar-refractivity contribution in [2.24, 2.45) is 0 Å². The zero-order valence-electron chi connectivity index (χ0n) is 10.8. The lowest BCUT2D eigenvalue weighted by Gasteiger charge is -2.36. The molecule has 0 amide bonds. The third-order valence-electron chi connectivity index (χ3n) is 3.84. The zero-order valence-corrected chi connectivity index (χ0v) is 11.5. The molecule has 98 valence electrons. The molecule has 0 aromatic heterocycles. The number of hydrogen-bond donors (Lipinski definition) is 0. The number of hydrogen-bond acceptors (Lipinski definition) is 3. The lowest BCUT2D eigenvalue weighted by atomic mass is 10.0. The maximum Gasteiger partial charge on any atom is 0.124 e. The summed E-state index contributed by atoms with van der Waals surface area (Å²) < 4.78 is 5.74. The molecule has 0 saturated carbocycles. The molecule has 18 heavy (non-hydrogen) atoms. The van der Waals surface area contributed by atoms with E-state index in [2.05, 4.69) is 16.8 Å². The van der Waals surface area contributed by atoms with Gasteiger partial charge in [-0.3, -0.25) is 0 Å². The smallest absolute Gasteiger partial charge is 0.124 e. The number of ether oxygens (including phenoxy) is 1. The lowest BCUT2D eigenvalue weighted by molar-refractivity contribution is 0.287. The van der Waals surface area contributed by atoms with Crippen LogP contribution in [0, 0.1) is 0 Å². The predicted molar refractivity (Wildman–Crippen MR) is 75.0 cm³/mol. The second kappa shape index (κ2) is 4.98. The van der Waals surface area contributed by atoms with Crippen LogP contribution in [0.15, 0.2) is 12.1 Å². The van der Waals surface area contributed by atoms with Crippen LogP contribution in [0.5, 0.6) is 5.75 Å². The summed E-state index contributed by atoms with van der Waals surface area (Å²) in [7, 11) is 2.17. The normalized spacial score (nSPS) is 20.4. The number of anilines is 1. The Balaban J connectivity index is 1.95. The first-order valence-electron chi connectivity index (χ1n) is 6.63. The van der Waals surface area contributed by atoms with Crippen LogP contribution in [-0.4, -0.2) is 44.7 Å². The molecule has 1 saturated heterocycles. The van der Waals surface area contributed by atoms with Crippen molar-refractivity contribution in [2.75, 3.05) is 44.7 Å². The summed E-state index contributed by atoms with van der Waals surface area (Å²) >= 11 is 6.42. The molecule has 4 heteroatoms. The molecule has 0 spiro atoms. The minimum absolute atomic E-state index is 0.830. The number of likely N-dealkylation sites (N-methyl/N-ethyl adjacent to an activating group) is 1. The Labute approximate surface area is 113 Å². The van der Waals surface area contributed by atoms with Crippen molar-refractivity contribution in [1.82, 2.24) is 4.90 Å². The van der Waals surface area contributed by atoms with E-state index in [1.165, 1.54) is 11.3 Å². The van der Waals surface area contributed by atoms with Crippen LogP contribution < -0.4 is 9.64 Å². The molecule has 2 heterocycles. The summed E-state index contributed by atoms with van der Waals surface area (Å²) in [5.41, 5.74) is 2.51. The average Bonchev–Trinajstić information content (AvgIpc) is 2.40. The standard InChI is InChI=1S/C14H19ClN2O/c1-16-6-8-17(9-7-16)14-11-3-2-10-18-13(11)5-4-12(14)15/h4-5H,2-3,6-10H2,1H3. The monoisotopic (exact) mass is 266 g/mol. The van der Waals surface area contributed by atoms with Gasteiger partial charge in [0.25, 0.3) is 0 Å². The Morgan fingerprint density at radius 3 is 2.72 bits per heavy atom. The minimum atomic E-state index is 0.830. The zero-order chi connectivity index (χ0) is 12.5. The predicted octanol–water partition coefficient (Wildman–Crippen LogP) is 2.42. The van der Waals surface area contributed by atoms with Crippen molar-refractivity contribution in [1.29, 1.82) is 0 Å². The molecule has 1 aromatic rings. The van der Waals surface area contributed by atoms with Crippen LogP contribution in [0.1, 0.15) is 12.0 Å². The highest BCUT2D eigenvalue weighted by molar-refractivity contribution is 6.33. The van der Waals surface area contributed by atoms with Crippen molar-refractivity contribution in [3.05, 3.63) is 22.7 Å². The maximum absolute atomic E-state index is 6.42. The van der Waals surface area contributed by atoms with Crippen LogP contribution in [0.25, 0.3) is 0 Å². The number of halogens is 1. The Hall–Kier alpha value is -0.930. The van der Waals surface area contributed by atoms with Crippen molar-refractivity contribution < 1.29 is 4.74 Å². The summed E-state index contributed by atoms with van der Waals surface area (Å²) in [6, 6.07) is 3.98. The number of piperazine rings is 1. The Kier molecular flexibility index (Phi) is 3.35. The molecule has 2 aliphatic heterocycles. The highest BCUT2D eigenvalue weighted by Gasteiger charge is 2.23. The molecule has 0 radical (unpaired) electrons.